The minimum Gasteiger partial charge on any atom is -0.456 e. The minimum atomic E-state index is 0.674. The van der Waals surface area contributed by atoms with E-state index >= 15 is 0 Å². The standard InChI is InChI=1S/C33H20BrN3O/c34-25-18-23(21-13-15-35-16-14-21)17-24(19-25)28-20-29(37-33(36-28)22-7-2-1-3-8-22)26-10-6-12-31-32(26)27-9-4-5-11-30(27)38-31/h1-20H. The van der Waals surface area contributed by atoms with Gasteiger partial charge >= 0.3 is 0 Å². The molecule has 0 fully saturated rings. The zero-order valence-corrected chi connectivity index (χ0v) is 21.8. The van der Waals surface area contributed by atoms with Crippen LogP contribution in [0.15, 0.2) is 130 Å². The smallest absolute Gasteiger partial charge is 0.160 e. The van der Waals surface area contributed by atoms with Gasteiger partial charge in [0.1, 0.15) is 11.2 Å². The van der Waals surface area contributed by atoms with Gasteiger partial charge in [-0.15, -0.1) is 0 Å². The number of hydrogen-bond donors (Lipinski definition) is 0. The summed E-state index contributed by atoms with van der Waals surface area (Å²) in [7, 11) is 0. The molecule has 0 atom stereocenters. The maximum absolute atomic E-state index is 6.17. The number of nitrogens with zero attached hydrogens (tertiary/aromatic N) is 3. The summed E-state index contributed by atoms with van der Waals surface area (Å²) in [5.41, 5.74) is 8.54. The number of fused-ring (bicyclic) bond motifs is 3. The highest BCUT2D eigenvalue weighted by Crippen LogP contribution is 2.38. The van der Waals surface area contributed by atoms with Crippen molar-refractivity contribution < 1.29 is 4.42 Å². The molecule has 4 nitrogen and oxygen atoms in total. The number of pyridine rings is 1. The summed E-state index contributed by atoms with van der Waals surface area (Å²) < 4.78 is 7.15. The maximum Gasteiger partial charge on any atom is 0.160 e. The fourth-order valence-corrected chi connectivity index (χ4v) is 5.38. The molecule has 180 valence electrons. The molecule has 38 heavy (non-hydrogen) atoms. The highest BCUT2D eigenvalue weighted by molar-refractivity contribution is 9.10. The van der Waals surface area contributed by atoms with E-state index in [2.05, 4.69) is 57.3 Å². The molecule has 0 aliphatic heterocycles. The van der Waals surface area contributed by atoms with Crippen LogP contribution in [0.3, 0.4) is 0 Å². The Kier molecular flexibility index (Phi) is 5.56. The van der Waals surface area contributed by atoms with Crippen molar-refractivity contribution >= 4 is 37.9 Å². The predicted molar refractivity (Wildman–Crippen MR) is 157 cm³/mol. The maximum atomic E-state index is 6.17. The van der Waals surface area contributed by atoms with Gasteiger partial charge < -0.3 is 4.42 Å². The van der Waals surface area contributed by atoms with E-state index in [1.807, 2.05) is 85.2 Å². The van der Waals surface area contributed by atoms with E-state index in [9.17, 15) is 0 Å². The second kappa shape index (κ2) is 9.36. The van der Waals surface area contributed by atoms with Crippen LogP contribution in [0, 0.1) is 0 Å². The van der Waals surface area contributed by atoms with E-state index in [1.54, 1.807) is 0 Å². The summed E-state index contributed by atoms with van der Waals surface area (Å²) in [6.45, 7) is 0. The van der Waals surface area contributed by atoms with Gasteiger partial charge in [-0.1, -0.05) is 76.6 Å². The van der Waals surface area contributed by atoms with Crippen LogP contribution in [0.1, 0.15) is 0 Å². The minimum absolute atomic E-state index is 0.674. The van der Waals surface area contributed by atoms with E-state index in [1.165, 1.54) is 0 Å². The number of furan rings is 1. The van der Waals surface area contributed by atoms with Gasteiger partial charge in [0, 0.05) is 44.3 Å². The molecule has 0 aliphatic rings. The van der Waals surface area contributed by atoms with Crippen molar-refractivity contribution in [2.24, 2.45) is 0 Å². The van der Waals surface area contributed by atoms with Gasteiger partial charge in [-0.05, 0) is 59.7 Å². The third-order valence-corrected chi connectivity index (χ3v) is 7.10. The van der Waals surface area contributed by atoms with Crippen molar-refractivity contribution in [1.29, 1.82) is 0 Å². The Balaban J connectivity index is 1.49. The molecule has 7 aromatic rings. The zero-order valence-electron chi connectivity index (χ0n) is 20.2. The molecule has 0 saturated carbocycles. The van der Waals surface area contributed by atoms with E-state index in [-0.39, 0.29) is 0 Å². The quantitative estimate of drug-likeness (QED) is 0.218. The third kappa shape index (κ3) is 4.07. The largest absolute Gasteiger partial charge is 0.456 e. The molecule has 7 rings (SSSR count). The summed E-state index contributed by atoms with van der Waals surface area (Å²) in [6, 6.07) is 36.8. The molecule has 0 spiro atoms. The second-order valence-corrected chi connectivity index (χ2v) is 9.99. The molecular weight excluding hydrogens is 534 g/mol. The van der Waals surface area contributed by atoms with Gasteiger partial charge in [-0.3, -0.25) is 4.98 Å². The highest BCUT2D eigenvalue weighted by Gasteiger charge is 2.17. The van der Waals surface area contributed by atoms with Crippen molar-refractivity contribution in [3.8, 4) is 45.0 Å². The molecule has 5 heteroatoms. The fraction of sp³-hybridized carbons (Fsp3) is 0. The third-order valence-electron chi connectivity index (χ3n) is 6.64. The Hall–Kier alpha value is -4.61. The van der Waals surface area contributed by atoms with Gasteiger partial charge in [-0.25, -0.2) is 9.97 Å². The number of halogens is 1. The first-order chi connectivity index (χ1) is 18.7. The first kappa shape index (κ1) is 22.6. The van der Waals surface area contributed by atoms with Gasteiger partial charge in [-0.2, -0.15) is 0 Å². The average molecular weight is 554 g/mol. The average Bonchev–Trinajstić information content (AvgIpc) is 3.36. The lowest BCUT2D eigenvalue weighted by atomic mass is 9.99. The van der Waals surface area contributed by atoms with E-state index in [4.69, 9.17) is 14.4 Å². The molecule has 0 saturated heterocycles. The molecule has 0 radical (unpaired) electrons. The lowest BCUT2D eigenvalue weighted by Crippen LogP contribution is -1.96. The molecular formula is C33H20BrN3O. The molecule has 3 heterocycles. The molecule has 0 bridgehead atoms. The van der Waals surface area contributed by atoms with Crippen molar-refractivity contribution in [2.75, 3.05) is 0 Å². The van der Waals surface area contributed by atoms with Crippen LogP contribution in [0.5, 0.6) is 0 Å². The number of aromatic nitrogens is 3. The first-order valence-corrected chi connectivity index (χ1v) is 13.1. The fourth-order valence-electron chi connectivity index (χ4n) is 4.89. The molecule has 0 unspecified atom stereocenters. The van der Waals surface area contributed by atoms with Crippen LogP contribution in [-0.4, -0.2) is 15.0 Å². The number of hydrogen-bond acceptors (Lipinski definition) is 4. The Morgan fingerprint density at radius 3 is 2.16 bits per heavy atom. The summed E-state index contributed by atoms with van der Waals surface area (Å²) in [6.07, 6.45) is 3.62. The van der Waals surface area contributed by atoms with Crippen molar-refractivity contribution in [3.63, 3.8) is 0 Å². The Morgan fingerprint density at radius 2 is 1.29 bits per heavy atom. The lowest BCUT2D eigenvalue weighted by Gasteiger charge is -2.12. The van der Waals surface area contributed by atoms with Gasteiger partial charge in [0.25, 0.3) is 0 Å². The topological polar surface area (TPSA) is 51.8 Å². The van der Waals surface area contributed by atoms with Gasteiger partial charge in [0.2, 0.25) is 0 Å². The van der Waals surface area contributed by atoms with Crippen LogP contribution < -0.4 is 0 Å². The SMILES string of the molecule is Brc1cc(-c2ccncc2)cc(-c2cc(-c3cccc4oc5ccccc5c34)nc(-c3ccccc3)n2)c1. The van der Waals surface area contributed by atoms with Gasteiger partial charge in [0.05, 0.1) is 11.4 Å². The van der Waals surface area contributed by atoms with Crippen LogP contribution in [0.25, 0.3) is 67.0 Å². The first-order valence-electron chi connectivity index (χ1n) is 12.3. The predicted octanol–water partition coefficient (Wildman–Crippen LogP) is 9.20. The zero-order chi connectivity index (χ0) is 25.5. The number of para-hydroxylation sites is 1. The Bertz CT molecular complexity index is 1930. The van der Waals surface area contributed by atoms with Crippen molar-refractivity contribution in [1.82, 2.24) is 15.0 Å². The number of benzene rings is 4. The second-order valence-electron chi connectivity index (χ2n) is 9.07. The van der Waals surface area contributed by atoms with Crippen LogP contribution >= 0.6 is 15.9 Å². The molecule has 4 aromatic carbocycles. The molecule has 0 amide bonds. The highest BCUT2D eigenvalue weighted by atomic mass is 79.9. The van der Waals surface area contributed by atoms with Gasteiger partial charge in [0.15, 0.2) is 5.82 Å². The number of rotatable bonds is 4. The van der Waals surface area contributed by atoms with Crippen molar-refractivity contribution in [3.05, 3.63) is 126 Å². The summed E-state index contributed by atoms with van der Waals surface area (Å²) in [5, 5.41) is 2.13. The molecule has 0 N–H and O–H groups in total. The molecule has 0 aliphatic carbocycles. The van der Waals surface area contributed by atoms with E-state index in [0.717, 1.165) is 65.6 Å². The van der Waals surface area contributed by atoms with Crippen molar-refractivity contribution in [2.45, 2.75) is 0 Å². The van der Waals surface area contributed by atoms with Crippen LogP contribution in [-0.2, 0) is 0 Å². The lowest BCUT2D eigenvalue weighted by molar-refractivity contribution is 0.669. The summed E-state index contributed by atoms with van der Waals surface area (Å²) >= 11 is 3.72. The summed E-state index contributed by atoms with van der Waals surface area (Å²) in [4.78, 5) is 14.3. The van der Waals surface area contributed by atoms with Crippen LogP contribution in [0.4, 0.5) is 0 Å². The van der Waals surface area contributed by atoms with E-state index < -0.39 is 0 Å². The normalized spacial score (nSPS) is 11.3. The summed E-state index contributed by atoms with van der Waals surface area (Å²) in [5.74, 6) is 0.674. The van der Waals surface area contributed by atoms with E-state index in [0.29, 0.717) is 5.82 Å². The monoisotopic (exact) mass is 553 g/mol. The Morgan fingerprint density at radius 1 is 0.553 bits per heavy atom. The molecule has 3 aromatic heterocycles. The Labute approximate surface area is 227 Å². The van der Waals surface area contributed by atoms with Crippen LogP contribution in [0.2, 0.25) is 0 Å².